The van der Waals surface area contributed by atoms with Gasteiger partial charge in [-0.3, -0.25) is 4.99 Å². The SMILES string of the molecule is CPC(=NCc1cc(F)cc(Cl)c1COc1cccc2c(-n3ncc(F)c3C)cc(C)nc12)C(C)O. The molecule has 2 atom stereocenters. The van der Waals surface area contributed by atoms with E-state index in [1.54, 1.807) is 19.9 Å². The molecule has 0 saturated carbocycles. The Balaban J connectivity index is 1.71. The molecule has 0 saturated heterocycles. The summed E-state index contributed by atoms with van der Waals surface area (Å²) in [7, 11) is 0.329. The van der Waals surface area contributed by atoms with Gasteiger partial charge >= 0.3 is 0 Å². The summed E-state index contributed by atoms with van der Waals surface area (Å²) in [6.07, 6.45) is 0.503. The van der Waals surface area contributed by atoms with Crippen LogP contribution in [0.4, 0.5) is 8.78 Å². The Morgan fingerprint density at radius 1 is 1.25 bits per heavy atom. The second-order valence-corrected chi connectivity index (χ2v) is 9.79. The molecule has 2 unspecified atom stereocenters. The van der Waals surface area contributed by atoms with Crippen LogP contribution < -0.4 is 4.74 Å². The molecule has 0 aliphatic rings. The van der Waals surface area contributed by atoms with Crippen LogP contribution in [0.1, 0.15) is 29.4 Å². The minimum Gasteiger partial charge on any atom is -0.487 e. The Morgan fingerprint density at radius 2 is 2.03 bits per heavy atom. The Labute approximate surface area is 214 Å². The second-order valence-electron chi connectivity index (χ2n) is 8.37. The van der Waals surface area contributed by atoms with Crippen LogP contribution in [-0.4, -0.2) is 38.1 Å². The maximum Gasteiger partial charge on any atom is 0.164 e. The average Bonchev–Trinajstić information content (AvgIpc) is 3.16. The number of aromatic nitrogens is 3. The predicted molar refractivity (Wildman–Crippen MR) is 141 cm³/mol. The van der Waals surface area contributed by atoms with Crippen LogP contribution in [0.15, 0.2) is 47.6 Å². The highest BCUT2D eigenvalue weighted by molar-refractivity contribution is 7.57. The molecule has 0 fully saturated rings. The van der Waals surface area contributed by atoms with Crippen LogP contribution >= 0.6 is 20.2 Å². The molecule has 2 aromatic carbocycles. The fourth-order valence-electron chi connectivity index (χ4n) is 3.95. The van der Waals surface area contributed by atoms with E-state index < -0.39 is 17.7 Å². The molecule has 0 aliphatic heterocycles. The van der Waals surface area contributed by atoms with E-state index in [0.717, 1.165) is 5.39 Å². The number of aliphatic imine (C=N–C) groups is 1. The third-order valence-corrected chi connectivity index (χ3v) is 7.21. The Morgan fingerprint density at radius 3 is 2.69 bits per heavy atom. The van der Waals surface area contributed by atoms with Crippen LogP contribution in [0.3, 0.4) is 0 Å². The first-order chi connectivity index (χ1) is 17.2. The number of hydrogen-bond donors (Lipinski definition) is 1. The summed E-state index contributed by atoms with van der Waals surface area (Å²) in [6, 6.07) is 9.94. The van der Waals surface area contributed by atoms with E-state index in [9.17, 15) is 13.9 Å². The summed E-state index contributed by atoms with van der Waals surface area (Å²) >= 11 is 6.40. The van der Waals surface area contributed by atoms with Gasteiger partial charge in [-0.05, 0) is 57.3 Å². The summed E-state index contributed by atoms with van der Waals surface area (Å²) in [5, 5.41) is 15.0. The van der Waals surface area contributed by atoms with Gasteiger partial charge in [0.25, 0.3) is 0 Å². The molecule has 6 nitrogen and oxygen atoms in total. The van der Waals surface area contributed by atoms with E-state index in [0.29, 0.717) is 53.5 Å². The number of fused-ring (bicyclic) bond motifs is 1. The number of rotatable bonds is 8. The summed E-state index contributed by atoms with van der Waals surface area (Å²) in [4.78, 5) is 9.13. The number of aryl methyl sites for hydroxylation is 1. The molecule has 188 valence electrons. The lowest BCUT2D eigenvalue weighted by Gasteiger charge is -2.16. The van der Waals surface area contributed by atoms with Gasteiger partial charge in [0.2, 0.25) is 0 Å². The van der Waals surface area contributed by atoms with Crippen LogP contribution in [0.5, 0.6) is 5.75 Å². The Bertz CT molecular complexity index is 1460. The van der Waals surface area contributed by atoms with E-state index in [4.69, 9.17) is 16.3 Å². The van der Waals surface area contributed by atoms with Crippen LogP contribution in [0, 0.1) is 25.5 Å². The lowest BCUT2D eigenvalue weighted by atomic mass is 10.1. The molecule has 0 spiro atoms. The standard InChI is InChI=1S/C26H26ClF2N4O2P/c1-14-8-23(33-15(2)22(29)12-31-33)19-6-5-7-24(25(19)32-14)35-13-20-17(9-18(28)10-21(20)27)11-30-26(36-4)16(3)34/h5-10,12,16,34,36H,11,13H2,1-4H3. The van der Waals surface area contributed by atoms with Gasteiger partial charge in [0.15, 0.2) is 5.82 Å². The topological polar surface area (TPSA) is 72.5 Å². The number of aliphatic hydroxyl groups excluding tert-OH is 1. The van der Waals surface area contributed by atoms with E-state index in [1.807, 2.05) is 31.8 Å². The van der Waals surface area contributed by atoms with Crippen molar-refractivity contribution in [2.75, 3.05) is 6.66 Å². The molecular weight excluding hydrogens is 505 g/mol. The third-order valence-electron chi connectivity index (χ3n) is 5.78. The fourth-order valence-corrected chi connectivity index (χ4v) is 4.89. The highest BCUT2D eigenvalue weighted by atomic mass is 35.5. The number of para-hydroxylation sites is 1. The van der Waals surface area contributed by atoms with Crippen LogP contribution in [0.25, 0.3) is 16.6 Å². The minimum absolute atomic E-state index is 0.0574. The summed E-state index contributed by atoms with van der Waals surface area (Å²) < 4.78 is 35.9. The van der Waals surface area contributed by atoms with Gasteiger partial charge in [-0.25, -0.2) is 18.4 Å². The molecule has 0 aliphatic carbocycles. The van der Waals surface area contributed by atoms with E-state index in [2.05, 4.69) is 15.1 Å². The van der Waals surface area contributed by atoms with Crippen LogP contribution in [-0.2, 0) is 13.2 Å². The molecule has 2 heterocycles. The smallest absolute Gasteiger partial charge is 0.164 e. The molecule has 2 aromatic heterocycles. The molecule has 1 N–H and O–H groups in total. The molecule has 0 bridgehead atoms. The lowest BCUT2D eigenvalue weighted by molar-refractivity contribution is 0.265. The van der Waals surface area contributed by atoms with Gasteiger partial charge in [0.05, 0.1) is 40.7 Å². The van der Waals surface area contributed by atoms with Crippen molar-refractivity contribution in [3.63, 3.8) is 0 Å². The van der Waals surface area contributed by atoms with Crippen molar-refractivity contribution >= 4 is 36.5 Å². The van der Waals surface area contributed by atoms with E-state index in [-0.39, 0.29) is 18.2 Å². The zero-order valence-corrected chi connectivity index (χ0v) is 22.1. The van der Waals surface area contributed by atoms with Crippen molar-refractivity contribution in [3.05, 3.63) is 81.8 Å². The number of hydrogen-bond acceptors (Lipinski definition) is 5. The molecule has 36 heavy (non-hydrogen) atoms. The summed E-state index contributed by atoms with van der Waals surface area (Å²) in [5.74, 6) is -0.369. The van der Waals surface area contributed by atoms with E-state index >= 15 is 0 Å². The molecule has 0 radical (unpaired) electrons. The first kappa shape index (κ1) is 26.1. The Hall–Kier alpha value is -2.93. The van der Waals surface area contributed by atoms with Gasteiger partial charge in [0.1, 0.15) is 23.7 Å². The normalized spacial score (nSPS) is 13.2. The molecule has 4 rings (SSSR count). The van der Waals surface area contributed by atoms with Gasteiger partial charge in [0, 0.05) is 16.6 Å². The number of benzene rings is 2. The zero-order chi connectivity index (χ0) is 26.0. The van der Waals surface area contributed by atoms with Gasteiger partial charge in [-0.15, -0.1) is 0 Å². The largest absolute Gasteiger partial charge is 0.487 e. The lowest BCUT2D eigenvalue weighted by Crippen LogP contribution is -2.11. The average molecular weight is 531 g/mol. The number of pyridine rings is 1. The van der Waals surface area contributed by atoms with Crippen molar-refractivity contribution in [2.24, 2.45) is 4.99 Å². The maximum atomic E-state index is 14.2. The van der Waals surface area contributed by atoms with Crippen molar-refractivity contribution in [1.29, 1.82) is 0 Å². The zero-order valence-electron chi connectivity index (χ0n) is 20.3. The Kier molecular flexibility index (Phi) is 7.98. The van der Waals surface area contributed by atoms with Gasteiger partial charge in [-0.2, -0.15) is 5.10 Å². The first-order valence-corrected chi connectivity index (χ1v) is 13.2. The van der Waals surface area contributed by atoms with Crippen molar-refractivity contribution in [2.45, 2.75) is 40.0 Å². The molecule has 4 aromatic rings. The first-order valence-electron chi connectivity index (χ1n) is 11.3. The fraction of sp³-hybridized carbons (Fsp3) is 0.269. The number of ether oxygens (including phenoxy) is 1. The summed E-state index contributed by atoms with van der Waals surface area (Å²) in [5.41, 5.74) is 4.19. The third kappa shape index (κ3) is 5.41. The molecular formula is C26H26ClF2N4O2P. The highest BCUT2D eigenvalue weighted by Crippen LogP contribution is 2.32. The predicted octanol–water partition coefficient (Wildman–Crippen LogP) is 6.14. The maximum absolute atomic E-state index is 14.2. The highest BCUT2D eigenvalue weighted by Gasteiger charge is 2.16. The number of aliphatic hydroxyl groups is 1. The van der Waals surface area contributed by atoms with Gasteiger partial charge in [-0.1, -0.05) is 32.3 Å². The second kappa shape index (κ2) is 11.0. The van der Waals surface area contributed by atoms with E-state index in [1.165, 1.54) is 23.0 Å². The van der Waals surface area contributed by atoms with Crippen molar-refractivity contribution in [3.8, 4) is 11.4 Å². The molecule has 0 amide bonds. The summed E-state index contributed by atoms with van der Waals surface area (Å²) in [6.45, 7) is 7.31. The van der Waals surface area contributed by atoms with Crippen molar-refractivity contribution in [1.82, 2.24) is 14.8 Å². The molecule has 10 heteroatoms. The quantitative estimate of drug-likeness (QED) is 0.219. The van der Waals surface area contributed by atoms with Gasteiger partial charge < -0.3 is 9.84 Å². The number of nitrogens with zero attached hydrogens (tertiary/aromatic N) is 4. The monoisotopic (exact) mass is 530 g/mol. The van der Waals surface area contributed by atoms with Crippen LogP contribution in [0.2, 0.25) is 5.02 Å². The van der Waals surface area contributed by atoms with Crippen molar-refractivity contribution < 1.29 is 18.6 Å². The minimum atomic E-state index is -0.678. The number of halogens is 3.